The molecule has 1 atom stereocenters. The summed E-state index contributed by atoms with van der Waals surface area (Å²) in [6, 6.07) is 17.7. The molecule has 2 aromatic rings. The van der Waals surface area contributed by atoms with Gasteiger partial charge < -0.3 is 10.2 Å². The molecular formula is C22H31IN4O2S. The Morgan fingerprint density at radius 3 is 2.47 bits per heavy atom. The highest BCUT2D eigenvalue weighted by Gasteiger charge is 2.26. The molecule has 3 rings (SSSR count). The van der Waals surface area contributed by atoms with Gasteiger partial charge >= 0.3 is 0 Å². The standard InChI is InChI=1S/C22H30N4O2S.HI/c1-23-22(26-14-13-19(17-26)15-18-9-5-4-6-10-18)24-16-20-11-7-8-12-21(20)29(27,28)25(2)3;/h4-12,19H,13-17H2,1-3H3,(H,23,24);1H. The lowest BCUT2D eigenvalue weighted by atomic mass is 9.99. The maximum absolute atomic E-state index is 12.6. The van der Waals surface area contributed by atoms with E-state index in [0.717, 1.165) is 37.5 Å². The minimum atomic E-state index is -3.48. The quantitative estimate of drug-likeness (QED) is 0.346. The van der Waals surface area contributed by atoms with E-state index in [0.29, 0.717) is 17.4 Å². The third-order valence-corrected chi connectivity index (χ3v) is 7.25. The van der Waals surface area contributed by atoms with E-state index in [4.69, 9.17) is 0 Å². The fourth-order valence-electron chi connectivity index (χ4n) is 3.74. The van der Waals surface area contributed by atoms with Crippen molar-refractivity contribution in [3.63, 3.8) is 0 Å². The van der Waals surface area contributed by atoms with E-state index in [2.05, 4.69) is 39.5 Å². The molecule has 1 aliphatic rings. The van der Waals surface area contributed by atoms with E-state index in [-0.39, 0.29) is 24.0 Å². The molecule has 30 heavy (non-hydrogen) atoms. The Morgan fingerprint density at radius 1 is 1.13 bits per heavy atom. The average molecular weight is 542 g/mol. The maximum atomic E-state index is 12.6. The van der Waals surface area contributed by atoms with E-state index in [9.17, 15) is 8.42 Å². The molecule has 8 heteroatoms. The Balaban J connectivity index is 0.00000320. The second-order valence-electron chi connectivity index (χ2n) is 7.59. The molecule has 1 N–H and O–H groups in total. The first-order valence-electron chi connectivity index (χ1n) is 9.91. The van der Waals surface area contributed by atoms with Crippen molar-refractivity contribution in [1.82, 2.24) is 14.5 Å². The van der Waals surface area contributed by atoms with Crippen molar-refractivity contribution >= 4 is 40.0 Å². The Kier molecular flexibility index (Phi) is 9.11. The van der Waals surface area contributed by atoms with Crippen molar-refractivity contribution in [1.29, 1.82) is 0 Å². The fraction of sp³-hybridized carbons (Fsp3) is 0.409. The molecule has 0 bridgehead atoms. The van der Waals surface area contributed by atoms with Crippen LogP contribution in [0.5, 0.6) is 0 Å². The van der Waals surface area contributed by atoms with Gasteiger partial charge in [0.15, 0.2) is 5.96 Å². The van der Waals surface area contributed by atoms with Gasteiger partial charge in [-0.15, -0.1) is 24.0 Å². The smallest absolute Gasteiger partial charge is 0.242 e. The number of hydrogen-bond donors (Lipinski definition) is 1. The van der Waals surface area contributed by atoms with Crippen molar-refractivity contribution < 1.29 is 8.42 Å². The zero-order valence-corrected chi connectivity index (χ0v) is 20.9. The molecule has 0 saturated carbocycles. The van der Waals surface area contributed by atoms with Gasteiger partial charge in [-0.25, -0.2) is 12.7 Å². The Morgan fingerprint density at radius 2 is 1.80 bits per heavy atom. The van der Waals surface area contributed by atoms with Crippen LogP contribution in [-0.2, 0) is 23.0 Å². The number of sulfonamides is 1. The fourth-order valence-corrected chi connectivity index (χ4v) is 4.86. The first kappa shape index (κ1) is 24.6. The summed E-state index contributed by atoms with van der Waals surface area (Å²) in [4.78, 5) is 7.02. The van der Waals surface area contributed by atoms with Gasteiger partial charge in [-0.05, 0) is 36.0 Å². The molecule has 6 nitrogen and oxygen atoms in total. The molecule has 164 valence electrons. The summed E-state index contributed by atoms with van der Waals surface area (Å²) >= 11 is 0. The number of benzene rings is 2. The largest absolute Gasteiger partial charge is 0.352 e. The van der Waals surface area contributed by atoms with Crippen LogP contribution in [-0.4, -0.2) is 57.8 Å². The number of halogens is 1. The normalized spacial score (nSPS) is 17.1. The van der Waals surface area contributed by atoms with E-state index in [1.54, 1.807) is 33.3 Å². The van der Waals surface area contributed by atoms with E-state index in [1.807, 2.05) is 18.2 Å². The van der Waals surface area contributed by atoms with Gasteiger partial charge in [0.1, 0.15) is 0 Å². The minimum Gasteiger partial charge on any atom is -0.352 e. The number of likely N-dealkylation sites (tertiary alicyclic amines) is 1. The molecule has 1 unspecified atom stereocenters. The van der Waals surface area contributed by atoms with Crippen molar-refractivity contribution in [3.8, 4) is 0 Å². The van der Waals surface area contributed by atoms with Crippen LogP contribution in [0.1, 0.15) is 17.5 Å². The first-order chi connectivity index (χ1) is 13.9. The number of nitrogens with one attached hydrogen (secondary N) is 1. The van der Waals surface area contributed by atoms with E-state index >= 15 is 0 Å². The van der Waals surface area contributed by atoms with Crippen molar-refractivity contribution in [2.24, 2.45) is 10.9 Å². The Bertz CT molecular complexity index is 949. The summed E-state index contributed by atoms with van der Waals surface area (Å²) in [6.07, 6.45) is 2.19. The van der Waals surface area contributed by atoms with Crippen LogP contribution in [0.25, 0.3) is 0 Å². The second kappa shape index (κ2) is 11.1. The predicted molar refractivity (Wildman–Crippen MR) is 133 cm³/mol. The maximum Gasteiger partial charge on any atom is 0.242 e. The SMILES string of the molecule is CN=C(NCc1ccccc1S(=O)(=O)N(C)C)N1CCC(Cc2ccccc2)C1.I. The molecule has 1 fully saturated rings. The highest BCUT2D eigenvalue weighted by Crippen LogP contribution is 2.22. The van der Waals surface area contributed by atoms with Crippen LogP contribution >= 0.6 is 24.0 Å². The van der Waals surface area contributed by atoms with Crippen LogP contribution < -0.4 is 5.32 Å². The minimum absolute atomic E-state index is 0. The van der Waals surface area contributed by atoms with Gasteiger partial charge in [0.2, 0.25) is 10.0 Å². The summed E-state index contributed by atoms with van der Waals surface area (Å²) in [5.74, 6) is 1.41. The van der Waals surface area contributed by atoms with Crippen molar-refractivity contribution in [2.75, 3.05) is 34.2 Å². The summed E-state index contributed by atoms with van der Waals surface area (Å²) in [6.45, 7) is 2.32. The molecule has 0 aromatic heterocycles. The van der Waals surface area contributed by atoms with Gasteiger partial charge in [-0.2, -0.15) is 0 Å². The molecule has 0 aliphatic carbocycles. The van der Waals surface area contributed by atoms with Gasteiger partial charge in [-0.1, -0.05) is 48.5 Å². The summed E-state index contributed by atoms with van der Waals surface area (Å²) < 4.78 is 26.4. The number of guanidine groups is 1. The van der Waals surface area contributed by atoms with Crippen LogP contribution in [0, 0.1) is 5.92 Å². The average Bonchev–Trinajstić information content (AvgIpc) is 3.17. The lowest BCUT2D eigenvalue weighted by Crippen LogP contribution is -2.40. The molecule has 1 saturated heterocycles. The zero-order chi connectivity index (χ0) is 20.9. The molecule has 1 heterocycles. The molecular weight excluding hydrogens is 511 g/mol. The molecule has 1 aliphatic heterocycles. The third kappa shape index (κ3) is 5.95. The lowest BCUT2D eigenvalue weighted by molar-refractivity contribution is 0.459. The molecule has 2 aromatic carbocycles. The highest BCUT2D eigenvalue weighted by atomic mass is 127. The summed E-state index contributed by atoms with van der Waals surface area (Å²) in [5.41, 5.74) is 2.10. The van der Waals surface area contributed by atoms with Gasteiger partial charge in [0, 0.05) is 40.8 Å². The number of rotatable bonds is 6. The number of aliphatic imine (C=N–C) groups is 1. The topological polar surface area (TPSA) is 65.0 Å². The third-order valence-electron chi connectivity index (χ3n) is 5.33. The van der Waals surface area contributed by atoms with Crippen molar-refractivity contribution in [2.45, 2.75) is 24.3 Å². The molecule has 0 amide bonds. The van der Waals surface area contributed by atoms with Crippen molar-refractivity contribution in [3.05, 3.63) is 65.7 Å². The zero-order valence-electron chi connectivity index (χ0n) is 17.8. The highest BCUT2D eigenvalue weighted by molar-refractivity contribution is 14.0. The Hall–Kier alpha value is -1.65. The lowest BCUT2D eigenvalue weighted by Gasteiger charge is -2.23. The summed E-state index contributed by atoms with van der Waals surface area (Å²) in [5, 5.41) is 3.36. The Labute approximate surface area is 197 Å². The second-order valence-corrected chi connectivity index (χ2v) is 9.71. The number of nitrogens with zero attached hydrogens (tertiary/aromatic N) is 3. The summed E-state index contributed by atoms with van der Waals surface area (Å²) in [7, 11) is 1.39. The van der Waals surface area contributed by atoms with Crippen LogP contribution in [0.3, 0.4) is 0 Å². The first-order valence-corrected chi connectivity index (χ1v) is 11.4. The van der Waals surface area contributed by atoms with Crippen LogP contribution in [0.15, 0.2) is 64.5 Å². The van der Waals surface area contributed by atoms with Gasteiger partial charge in [-0.3, -0.25) is 4.99 Å². The monoisotopic (exact) mass is 542 g/mol. The van der Waals surface area contributed by atoms with Crippen LogP contribution in [0.4, 0.5) is 0 Å². The van der Waals surface area contributed by atoms with Crippen LogP contribution in [0.2, 0.25) is 0 Å². The molecule has 0 spiro atoms. The van der Waals surface area contributed by atoms with E-state index in [1.165, 1.54) is 9.87 Å². The molecule has 0 radical (unpaired) electrons. The van der Waals surface area contributed by atoms with Gasteiger partial charge in [0.05, 0.1) is 4.90 Å². The van der Waals surface area contributed by atoms with E-state index < -0.39 is 10.0 Å². The van der Waals surface area contributed by atoms with Gasteiger partial charge in [0.25, 0.3) is 0 Å². The predicted octanol–water partition coefficient (Wildman–Crippen LogP) is 3.19. The number of hydrogen-bond acceptors (Lipinski definition) is 3.